The molecule has 0 bridgehead atoms. The Labute approximate surface area is 114 Å². The number of hydrogen-bond donors (Lipinski definition) is 1. The maximum absolute atomic E-state index is 12.0. The van der Waals surface area contributed by atoms with E-state index in [9.17, 15) is 4.79 Å². The van der Waals surface area contributed by atoms with Gasteiger partial charge in [0.2, 0.25) is 0 Å². The van der Waals surface area contributed by atoms with E-state index < -0.39 is 0 Å². The van der Waals surface area contributed by atoms with Crippen LogP contribution in [0.2, 0.25) is 0 Å². The summed E-state index contributed by atoms with van der Waals surface area (Å²) in [5.74, 6) is 0. The van der Waals surface area contributed by atoms with E-state index in [0.29, 0.717) is 6.61 Å². The van der Waals surface area contributed by atoms with Crippen molar-refractivity contribution < 1.29 is 9.53 Å². The largest absolute Gasteiger partial charge is 0.444 e. The number of piperidine rings is 1. The zero-order valence-corrected chi connectivity index (χ0v) is 11.6. The Morgan fingerprint density at radius 2 is 2.11 bits per heavy atom. The fourth-order valence-corrected chi connectivity index (χ4v) is 3.10. The molecule has 0 radical (unpaired) electrons. The number of cyclic esters (lactones) is 1. The van der Waals surface area contributed by atoms with Gasteiger partial charge in [0.15, 0.2) is 0 Å². The van der Waals surface area contributed by atoms with E-state index in [1.807, 2.05) is 23.1 Å². The van der Waals surface area contributed by atoms with Gasteiger partial charge in [-0.2, -0.15) is 0 Å². The topological polar surface area (TPSA) is 41.6 Å². The lowest BCUT2D eigenvalue weighted by atomic mass is 10.0. The highest BCUT2D eigenvalue weighted by Gasteiger charge is 2.33. The Kier molecular flexibility index (Phi) is 3.26. The number of halogens is 1. The van der Waals surface area contributed by atoms with Crippen LogP contribution in [-0.2, 0) is 11.3 Å². The number of amides is 1. The van der Waals surface area contributed by atoms with Gasteiger partial charge in [-0.25, -0.2) is 4.79 Å². The fourth-order valence-electron chi connectivity index (χ4n) is 2.63. The molecule has 1 N–H and O–H groups in total. The number of anilines is 1. The molecule has 0 aliphatic carbocycles. The number of fused-ring (bicyclic) bond motifs is 1. The number of nitrogens with zero attached hydrogens (tertiary/aromatic N) is 1. The summed E-state index contributed by atoms with van der Waals surface area (Å²) in [5.41, 5.74) is 2.06. The van der Waals surface area contributed by atoms with Crippen LogP contribution in [0, 0.1) is 0 Å². The second-order valence-corrected chi connectivity index (χ2v) is 5.50. The first-order valence-electron chi connectivity index (χ1n) is 6.21. The summed E-state index contributed by atoms with van der Waals surface area (Å²) >= 11 is 3.52. The lowest BCUT2D eigenvalue weighted by molar-refractivity contribution is 0.137. The fraction of sp³-hybridized carbons (Fsp3) is 0.462. The van der Waals surface area contributed by atoms with Crippen molar-refractivity contribution in [1.29, 1.82) is 0 Å². The molecule has 1 amide bonds. The minimum Gasteiger partial charge on any atom is -0.444 e. The Hall–Kier alpha value is -1.07. The quantitative estimate of drug-likeness (QED) is 0.867. The second kappa shape index (κ2) is 4.90. The standard InChI is InChI=1S/C13H15BrN2O2/c14-11-2-1-3-12-10(11)8-18-13(17)16(12)9-4-6-15-7-5-9/h1-3,9,15H,4-8H2. The van der Waals surface area contributed by atoms with Gasteiger partial charge in [-0.3, -0.25) is 4.90 Å². The van der Waals surface area contributed by atoms with Gasteiger partial charge in [0.25, 0.3) is 0 Å². The monoisotopic (exact) mass is 310 g/mol. The lowest BCUT2D eigenvalue weighted by Gasteiger charge is -2.37. The molecular weight excluding hydrogens is 296 g/mol. The van der Waals surface area contributed by atoms with Crippen molar-refractivity contribution in [3.05, 3.63) is 28.2 Å². The summed E-state index contributed by atoms with van der Waals surface area (Å²) in [6, 6.07) is 6.20. The van der Waals surface area contributed by atoms with E-state index in [1.54, 1.807) is 0 Å². The third-order valence-corrected chi connectivity index (χ3v) is 4.31. The third-order valence-electron chi connectivity index (χ3n) is 3.56. The molecule has 3 rings (SSSR count). The average molecular weight is 311 g/mol. The van der Waals surface area contributed by atoms with Crippen molar-refractivity contribution >= 4 is 27.7 Å². The Morgan fingerprint density at radius 3 is 2.89 bits per heavy atom. The molecule has 5 heteroatoms. The van der Waals surface area contributed by atoms with Crippen LogP contribution < -0.4 is 10.2 Å². The maximum Gasteiger partial charge on any atom is 0.414 e. The number of hydrogen-bond acceptors (Lipinski definition) is 3. The van der Waals surface area contributed by atoms with Crippen molar-refractivity contribution in [1.82, 2.24) is 5.32 Å². The highest BCUT2D eigenvalue weighted by atomic mass is 79.9. The predicted molar refractivity (Wildman–Crippen MR) is 72.7 cm³/mol. The van der Waals surface area contributed by atoms with Gasteiger partial charge in [0, 0.05) is 16.1 Å². The van der Waals surface area contributed by atoms with Gasteiger partial charge in [-0.1, -0.05) is 22.0 Å². The van der Waals surface area contributed by atoms with Crippen LogP contribution in [0.4, 0.5) is 10.5 Å². The summed E-state index contributed by atoms with van der Waals surface area (Å²) in [6.45, 7) is 2.27. The normalized spacial score (nSPS) is 20.5. The van der Waals surface area contributed by atoms with Crippen LogP contribution >= 0.6 is 15.9 Å². The van der Waals surface area contributed by atoms with E-state index in [1.165, 1.54) is 0 Å². The molecule has 0 unspecified atom stereocenters. The highest BCUT2D eigenvalue weighted by Crippen LogP contribution is 2.35. The van der Waals surface area contributed by atoms with Crippen LogP contribution in [0.15, 0.2) is 22.7 Å². The number of benzene rings is 1. The Balaban J connectivity index is 1.98. The van der Waals surface area contributed by atoms with Crippen molar-refractivity contribution in [2.24, 2.45) is 0 Å². The number of nitrogens with one attached hydrogen (secondary N) is 1. The van der Waals surface area contributed by atoms with E-state index in [0.717, 1.165) is 41.7 Å². The molecular formula is C13H15BrN2O2. The minimum atomic E-state index is -0.215. The van der Waals surface area contributed by atoms with E-state index >= 15 is 0 Å². The summed E-state index contributed by atoms with van der Waals surface area (Å²) in [7, 11) is 0. The van der Waals surface area contributed by atoms with Crippen LogP contribution in [0.25, 0.3) is 0 Å². The van der Waals surface area contributed by atoms with Crippen LogP contribution in [-0.4, -0.2) is 25.2 Å². The van der Waals surface area contributed by atoms with E-state index in [4.69, 9.17) is 4.74 Å². The highest BCUT2D eigenvalue weighted by molar-refractivity contribution is 9.10. The van der Waals surface area contributed by atoms with E-state index in [2.05, 4.69) is 21.2 Å². The SMILES string of the molecule is O=C1OCc2c(Br)cccc2N1C1CCNCC1. The number of carbonyl (C=O) groups is 1. The number of rotatable bonds is 1. The lowest BCUT2D eigenvalue weighted by Crippen LogP contribution is -2.48. The van der Waals surface area contributed by atoms with Gasteiger partial charge in [0.05, 0.1) is 5.69 Å². The predicted octanol–water partition coefficient (Wildman–Crippen LogP) is 2.66. The molecule has 4 nitrogen and oxygen atoms in total. The van der Waals surface area contributed by atoms with Gasteiger partial charge in [0.1, 0.15) is 6.61 Å². The molecule has 2 aliphatic rings. The summed E-state index contributed by atoms with van der Waals surface area (Å²) < 4.78 is 6.29. The summed E-state index contributed by atoms with van der Waals surface area (Å²) in [5, 5.41) is 3.32. The van der Waals surface area contributed by atoms with Crippen LogP contribution in [0.1, 0.15) is 18.4 Å². The molecule has 0 aromatic heterocycles. The van der Waals surface area contributed by atoms with Gasteiger partial charge in [-0.15, -0.1) is 0 Å². The molecule has 0 saturated carbocycles. The van der Waals surface area contributed by atoms with Gasteiger partial charge in [-0.05, 0) is 38.1 Å². The molecule has 0 atom stereocenters. The average Bonchev–Trinajstić information content (AvgIpc) is 2.40. The maximum atomic E-state index is 12.0. The number of carbonyl (C=O) groups excluding carboxylic acids is 1. The molecule has 1 aromatic carbocycles. The molecule has 18 heavy (non-hydrogen) atoms. The zero-order valence-electron chi connectivity index (χ0n) is 9.99. The van der Waals surface area contributed by atoms with Crippen molar-refractivity contribution in [2.45, 2.75) is 25.5 Å². The second-order valence-electron chi connectivity index (χ2n) is 4.64. The third kappa shape index (κ3) is 2.01. The first-order chi connectivity index (χ1) is 8.77. The molecule has 96 valence electrons. The molecule has 1 fully saturated rings. The first-order valence-corrected chi connectivity index (χ1v) is 7.01. The Bertz CT molecular complexity index is 472. The summed E-state index contributed by atoms with van der Waals surface area (Å²) in [4.78, 5) is 13.9. The minimum absolute atomic E-state index is 0.215. The molecule has 1 aromatic rings. The van der Waals surface area contributed by atoms with Crippen molar-refractivity contribution in [3.8, 4) is 0 Å². The molecule has 2 aliphatic heterocycles. The first kappa shape index (κ1) is 12.0. The zero-order chi connectivity index (χ0) is 12.5. The van der Waals surface area contributed by atoms with Crippen LogP contribution in [0.3, 0.4) is 0 Å². The molecule has 1 saturated heterocycles. The number of ether oxygens (including phenoxy) is 1. The van der Waals surface area contributed by atoms with Gasteiger partial charge < -0.3 is 10.1 Å². The molecule has 0 spiro atoms. The smallest absolute Gasteiger partial charge is 0.414 e. The van der Waals surface area contributed by atoms with Crippen molar-refractivity contribution in [2.75, 3.05) is 18.0 Å². The van der Waals surface area contributed by atoms with E-state index in [-0.39, 0.29) is 12.1 Å². The summed E-state index contributed by atoms with van der Waals surface area (Å²) in [6.07, 6.45) is 1.73. The molecule has 2 heterocycles. The van der Waals surface area contributed by atoms with Crippen molar-refractivity contribution in [3.63, 3.8) is 0 Å². The van der Waals surface area contributed by atoms with Crippen LogP contribution in [0.5, 0.6) is 0 Å². The van der Waals surface area contributed by atoms with Gasteiger partial charge >= 0.3 is 6.09 Å². The Morgan fingerprint density at radius 1 is 1.33 bits per heavy atom.